The van der Waals surface area contributed by atoms with Crippen LogP contribution in [-0.2, 0) is 26.8 Å². The summed E-state index contributed by atoms with van der Waals surface area (Å²) in [6.45, 7) is 4.28. The van der Waals surface area contributed by atoms with Gasteiger partial charge in [-0.3, -0.25) is 14.6 Å². The Kier molecular flexibility index (Phi) is 5.58. The standard InChI is InChI=1S/C19H23N2O4P/c1-3-25-26(24,17-10-8-14(2)9-11-17)21-13-16-7-5-4-6-15(16)12-18(21)19(22)20-23/h4-11,18,23H,3,12-13H2,1-2H3,(H,20,22). The van der Waals surface area contributed by atoms with Crippen LogP contribution in [0.25, 0.3) is 0 Å². The topological polar surface area (TPSA) is 78.9 Å². The third-order valence-electron chi connectivity index (χ3n) is 4.64. The lowest BCUT2D eigenvalue weighted by molar-refractivity contribution is -0.133. The zero-order chi connectivity index (χ0) is 18.7. The Hall–Kier alpha value is -1.98. The number of aryl methyl sites for hydroxylation is 1. The molecular formula is C19H23N2O4P. The molecule has 0 spiro atoms. The molecular weight excluding hydrogens is 351 g/mol. The summed E-state index contributed by atoms with van der Waals surface area (Å²) in [5, 5.41) is 9.74. The molecule has 0 radical (unpaired) electrons. The molecule has 2 aromatic carbocycles. The van der Waals surface area contributed by atoms with Gasteiger partial charge in [0.25, 0.3) is 5.91 Å². The fourth-order valence-electron chi connectivity index (χ4n) is 3.29. The molecule has 0 saturated heterocycles. The molecule has 138 valence electrons. The number of rotatable bonds is 5. The average Bonchev–Trinajstić information content (AvgIpc) is 2.67. The molecule has 2 unspecified atom stereocenters. The van der Waals surface area contributed by atoms with Crippen molar-refractivity contribution in [3.63, 3.8) is 0 Å². The number of hydroxylamine groups is 1. The number of benzene rings is 2. The van der Waals surface area contributed by atoms with Gasteiger partial charge >= 0.3 is 7.52 Å². The van der Waals surface area contributed by atoms with E-state index >= 15 is 0 Å². The maximum atomic E-state index is 14.0. The second-order valence-electron chi connectivity index (χ2n) is 6.34. The summed E-state index contributed by atoms with van der Waals surface area (Å²) >= 11 is 0. The second kappa shape index (κ2) is 7.72. The van der Waals surface area contributed by atoms with Gasteiger partial charge in [0.15, 0.2) is 0 Å². The smallest absolute Gasteiger partial charge is 0.303 e. The molecule has 7 heteroatoms. The summed E-state index contributed by atoms with van der Waals surface area (Å²) in [4.78, 5) is 12.3. The van der Waals surface area contributed by atoms with Crippen molar-refractivity contribution in [1.29, 1.82) is 0 Å². The summed E-state index contributed by atoms with van der Waals surface area (Å²) in [6.07, 6.45) is 0.353. The third kappa shape index (κ3) is 3.46. The van der Waals surface area contributed by atoms with E-state index in [0.717, 1.165) is 16.7 Å². The molecule has 0 aliphatic carbocycles. The van der Waals surface area contributed by atoms with E-state index in [4.69, 9.17) is 4.52 Å². The van der Waals surface area contributed by atoms with Gasteiger partial charge in [0, 0.05) is 6.54 Å². The molecule has 1 aliphatic heterocycles. The van der Waals surface area contributed by atoms with Gasteiger partial charge in [-0.15, -0.1) is 0 Å². The Morgan fingerprint density at radius 3 is 2.50 bits per heavy atom. The highest BCUT2D eigenvalue weighted by atomic mass is 31.2. The highest BCUT2D eigenvalue weighted by molar-refractivity contribution is 7.64. The van der Waals surface area contributed by atoms with Crippen LogP contribution in [-0.4, -0.2) is 28.4 Å². The van der Waals surface area contributed by atoms with Crippen molar-refractivity contribution < 1.29 is 19.1 Å². The van der Waals surface area contributed by atoms with Crippen LogP contribution >= 0.6 is 7.52 Å². The Balaban J connectivity index is 2.09. The highest BCUT2D eigenvalue weighted by Crippen LogP contribution is 2.53. The number of nitrogens with zero attached hydrogens (tertiary/aromatic N) is 1. The number of carbonyl (C=O) groups is 1. The summed E-state index contributed by atoms with van der Waals surface area (Å²) in [5.74, 6) is -0.591. The molecule has 2 atom stereocenters. The van der Waals surface area contributed by atoms with Gasteiger partial charge in [0.1, 0.15) is 6.04 Å². The molecule has 0 bridgehead atoms. The van der Waals surface area contributed by atoms with Crippen LogP contribution in [0.2, 0.25) is 0 Å². The van der Waals surface area contributed by atoms with E-state index in [0.29, 0.717) is 18.3 Å². The number of amides is 1. The molecule has 2 N–H and O–H groups in total. The molecule has 1 heterocycles. The quantitative estimate of drug-likeness (QED) is 0.478. The van der Waals surface area contributed by atoms with Gasteiger partial charge in [-0.1, -0.05) is 42.0 Å². The molecule has 0 aromatic heterocycles. The van der Waals surface area contributed by atoms with Crippen LogP contribution in [0.4, 0.5) is 0 Å². The predicted octanol–water partition coefficient (Wildman–Crippen LogP) is 2.78. The van der Waals surface area contributed by atoms with E-state index in [1.165, 1.54) is 0 Å². The van der Waals surface area contributed by atoms with E-state index in [1.807, 2.05) is 43.3 Å². The Labute approximate surface area is 153 Å². The summed E-state index contributed by atoms with van der Waals surface area (Å²) < 4.78 is 21.3. The van der Waals surface area contributed by atoms with E-state index in [1.54, 1.807) is 29.2 Å². The first-order valence-electron chi connectivity index (χ1n) is 8.59. The summed E-state index contributed by atoms with van der Waals surface area (Å²) in [6, 6.07) is 14.3. The minimum Gasteiger partial charge on any atom is -0.314 e. The van der Waals surface area contributed by atoms with Crippen LogP contribution in [0.5, 0.6) is 0 Å². The lowest BCUT2D eigenvalue weighted by Crippen LogP contribution is -2.49. The first-order valence-corrected chi connectivity index (χ1v) is 10.2. The van der Waals surface area contributed by atoms with Gasteiger partial charge in [0.2, 0.25) is 0 Å². The van der Waals surface area contributed by atoms with Crippen LogP contribution in [0.1, 0.15) is 23.6 Å². The van der Waals surface area contributed by atoms with Crippen molar-refractivity contribution in [1.82, 2.24) is 10.2 Å². The van der Waals surface area contributed by atoms with Crippen molar-refractivity contribution in [2.75, 3.05) is 6.61 Å². The van der Waals surface area contributed by atoms with E-state index in [9.17, 15) is 14.6 Å². The van der Waals surface area contributed by atoms with E-state index in [-0.39, 0.29) is 6.61 Å². The molecule has 1 aliphatic rings. The van der Waals surface area contributed by atoms with Gasteiger partial charge in [-0.25, -0.2) is 10.2 Å². The number of carbonyl (C=O) groups excluding carboxylic acids is 1. The van der Waals surface area contributed by atoms with E-state index < -0.39 is 19.5 Å². The van der Waals surface area contributed by atoms with Crippen molar-refractivity contribution in [2.24, 2.45) is 0 Å². The molecule has 26 heavy (non-hydrogen) atoms. The van der Waals surface area contributed by atoms with Crippen molar-refractivity contribution in [3.05, 3.63) is 65.2 Å². The van der Waals surface area contributed by atoms with Gasteiger partial charge in [-0.2, -0.15) is 0 Å². The lowest BCUT2D eigenvalue weighted by Gasteiger charge is -2.39. The molecule has 0 fully saturated rings. The molecule has 3 rings (SSSR count). The molecule has 6 nitrogen and oxygen atoms in total. The monoisotopic (exact) mass is 374 g/mol. The van der Waals surface area contributed by atoms with Gasteiger partial charge < -0.3 is 4.52 Å². The first kappa shape index (κ1) is 18.8. The highest BCUT2D eigenvalue weighted by Gasteiger charge is 2.44. The number of nitrogens with one attached hydrogen (secondary N) is 1. The Morgan fingerprint density at radius 1 is 1.23 bits per heavy atom. The fraction of sp³-hybridized carbons (Fsp3) is 0.316. The first-order chi connectivity index (χ1) is 12.5. The number of hydrogen-bond donors (Lipinski definition) is 2. The summed E-state index contributed by atoms with van der Waals surface area (Å²) in [5.41, 5.74) is 4.77. The van der Waals surface area contributed by atoms with Crippen LogP contribution in [0.15, 0.2) is 48.5 Å². The maximum Gasteiger partial charge on any atom is 0.303 e. The van der Waals surface area contributed by atoms with Crippen LogP contribution < -0.4 is 10.8 Å². The van der Waals surface area contributed by atoms with Crippen LogP contribution in [0.3, 0.4) is 0 Å². The van der Waals surface area contributed by atoms with Gasteiger partial charge in [0.05, 0.1) is 11.9 Å². The lowest BCUT2D eigenvalue weighted by atomic mass is 9.95. The SMILES string of the molecule is CCOP(=O)(c1ccc(C)cc1)N1Cc2ccccc2CC1C(=O)NO. The maximum absolute atomic E-state index is 14.0. The Morgan fingerprint density at radius 2 is 1.88 bits per heavy atom. The Bertz CT molecular complexity index is 838. The molecule has 1 amide bonds. The number of fused-ring (bicyclic) bond motifs is 1. The zero-order valence-electron chi connectivity index (χ0n) is 14.9. The fourth-order valence-corrected chi connectivity index (χ4v) is 5.66. The largest absolute Gasteiger partial charge is 0.314 e. The van der Waals surface area contributed by atoms with Crippen molar-refractivity contribution in [3.8, 4) is 0 Å². The second-order valence-corrected chi connectivity index (χ2v) is 8.67. The van der Waals surface area contributed by atoms with Crippen LogP contribution in [0, 0.1) is 6.92 Å². The van der Waals surface area contributed by atoms with Gasteiger partial charge in [-0.05, 0) is 43.5 Å². The van der Waals surface area contributed by atoms with E-state index in [2.05, 4.69) is 0 Å². The molecule has 2 aromatic rings. The van der Waals surface area contributed by atoms with Crippen molar-refractivity contribution >= 4 is 18.7 Å². The minimum atomic E-state index is -3.48. The normalized spacial score (nSPS) is 19.4. The number of hydrogen-bond acceptors (Lipinski definition) is 4. The minimum absolute atomic E-state index is 0.247. The average molecular weight is 374 g/mol. The third-order valence-corrected chi connectivity index (χ3v) is 7.29. The molecule has 0 saturated carbocycles. The predicted molar refractivity (Wildman–Crippen MR) is 99.5 cm³/mol. The van der Waals surface area contributed by atoms with Crippen molar-refractivity contribution in [2.45, 2.75) is 32.9 Å². The summed E-state index contributed by atoms with van der Waals surface area (Å²) in [7, 11) is -3.48. The zero-order valence-corrected chi connectivity index (χ0v) is 15.8.